The molecule has 0 spiro atoms. The second-order valence-electron chi connectivity index (χ2n) is 7.22. The van der Waals surface area contributed by atoms with Crippen molar-refractivity contribution in [2.45, 2.75) is 97.0 Å². The van der Waals surface area contributed by atoms with Gasteiger partial charge < -0.3 is 19.4 Å². The van der Waals surface area contributed by atoms with Crippen LogP contribution in [0, 0.1) is 0 Å². The molecule has 0 aliphatic heterocycles. The number of rotatable bonds is 17. The Morgan fingerprint density at radius 2 is 1.32 bits per heavy atom. The molecule has 1 aromatic carbocycles. The first kappa shape index (κ1) is 27.3. The fourth-order valence-corrected chi connectivity index (χ4v) is 3.01. The van der Waals surface area contributed by atoms with Crippen molar-refractivity contribution in [3.63, 3.8) is 0 Å². The van der Waals surface area contributed by atoms with Gasteiger partial charge in [0.25, 0.3) is 0 Å². The number of benzene rings is 1. The maximum Gasteiger partial charge on any atom is 1.00 e. The smallest absolute Gasteiger partial charge is 0.546 e. The van der Waals surface area contributed by atoms with E-state index in [4.69, 9.17) is 9.47 Å². The van der Waals surface area contributed by atoms with Crippen LogP contribution in [0.5, 0.6) is 11.5 Å². The van der Waals surface area contributed by atoms with E-state index < -0.39 is 12.1 Å². The first-order valence-electron chi connectivity index (χ1n) is 10.8. The average molecular weight is 401 g/mol. The molecule has 0 aromatic heterocycles. The van der Waals surface area contributed by atoms with E-state index in [9.17, 15) is 9.90 Å². The Morgan fingerprint density at radius 1 is 0.821 bits per heavy atom. The molecule has 0 amide bonds. The van der Waals surface area contributed by atoms with Crippen molar-refractivity contribution in [1.29, 1.82) is 0 Å². The zero-order valence-corrected chi connectivity index (χ0v) is 20.2. The van der Waals surface area contributed by atoms with Gasteiger partial charge in [-0.1, -0.05) is 71.6 Å². The Labute approximate surface area is 193 Å². The van der Waals surface area contributed by atoms with Crippen LogP contribution < -0.4 is 44.1 Å². The Hall–Kier alpha value is -0.710. The number of carboxylic acid groups (broad SMARTS) is 1. The number of carbonyl (C=O) groups is 1. The second kappa shape index (κ2) is 18.3. The normalized spacial score (nSPS) is 11.5. The van der Waals surface area contributed by atoms with E-state index in [2.05, 4.69) is 13.8 Å². The molecule has 0 N–H and O–H groups in total. The molecule has 4 nitrogen and oxygen atoms in total. The van der Waals surface area contributed by atoms with Crippen LogP contribution in [0.15, 0.2) is 24.3 Å². The molecule has 0 radical (unpaired) electrons. The van der Waals surface area contributed by atoms with Crippen LogP contribution in [0.3, 0.4) is 0 Å². The summed E-state index contributed by atoms with van der Waals surface area (Å²) in [5.41, 5.74) is 0. The summed E-state index contributed by atoms with van der Waals surface area (Å²) in [6.07, 6.45) is 12.4. The molecule has 0 saturated carbocycles. The molecule has 0 aliphatic rings. The minimum absolute atomic E-state index is 0. The van der Waals surface area contributed by atoms with Crippen molar-refractivity contribution in [2.75, 3.05) is 6.61 Å². The number of ether oxygens (including phenoxy) is 2. The topological polar surface area (TPSA) is 58.6 Å². The number of aliphatic carboxylic acids is 1. The van der Waals surface area contributed by atoms with E-state index in [0.29, 0.717) is 18.8 Å². The minimum atomic E-state index is -1.14. The summed E-state index contributed by atoms with van der Waals surface area (Å²) in [5, 5.41) is 11.3. The SMILES string of the molecule is CCCCCCCCC(Oc1ccc(OCCCCCCC)cc1)C(=O)[O-].[Na+]. The van der Waals surface area contributed by atoms with Crippen molar-refractivity contribution in [2.24, 2.45) is 0 Å². The summed E-state index contributed by atoms with van der Waals surface area (Å²) in [7, 11) is 0. The van der Waals surface area contributed by atoms with Gasteiger partial charge in [-0.3, -0.25) is 0 Å². The third-order valence-electron chi connectivity index (χ3n) is 4.70. The van der Waals surface area contributed by atoms with Gasteiger partial charge >= 0.3 is 29.6 Å². The van der Waals surface area contributed by atoms with Crippen LogP contribution in [0.2, 0.25) is 0 Å². The second-order valence-corrected chi connectivity index (χ2v) is 7.22. The van der Waals surface area contributed by atoms with Gasteiger partial charge in [-0.05, 0) is 43.5 Å². The Balaban J connectivity index is 0.00000729. The quantitative estimate of drug-likeness (QED) is 0.297. The van der Waals surface area contributed by atoms with Crippen molar-refractivity contribution < 1.29 is 48.9 Å². The Morgan fingerprint density at radius 3 is 1.89 bits per heavy atom. The van der Waals surface area contributed by atoms with Gasteiger partial charge in [-0.2, -0.15) is 0 Å². The molecule has 28 heavy (non-hydrogen) atoms. The summed E-state index contributed by atoms with van der Waals surface area (Å²) in [6, 6.07) is 7.20. The average Bonchev–Trinajstić information content (AvgIpc) is 2.67. The third-order valence-corrected chi connectivity index (χ3v) is 4.70. The number of hydrogen-bond donors (Lipinski definition) is 0. The monoisotopic (exact) mass is 400 g/mol. The predicted molar refractivity (Wildman–Crippen MR) is 108 cm³/mol. The van der Waals surface area contributed by atoms with Crippen LogP contribution in [0.1, 0.15) is 90.9 Å². The van der Waals surface area contributed by atoms with Crippen molar-refractivity contribution >= 4 is 5.97 Å². The van der Waals surface area contributed by atoms with E-state index in [-0.39, 0.29) is 29.6 Å². The first-order valence-corrected chi connectivity index (χ1v) is 10.8. The first-order chi connectivity index (χ1) is 13.2. The van der Waals surface area contributed by atoms with Gasteiger partial charge in [0.2, 0.25) is 0 Å². The van der Waals surface area contributed by atoms with E-state index in [1.165, 1.54) is 44.9 Å². The van der Waals surface area contributed by atoms with Gasteiger partial charge in [0.1, 0.15) is 17.6 Å². The van der Waals surface area contributed by atoms with Crippen LogP contribution in [0.4, 0.5) is 0 Å². The van der Waals surface area contributed by atoms with Gasteiger partial charge in [0.15, 0.2) is 0 Å². The Kier molecular flexibility index (Phi) is 17.9. The molecular formula is C23H37NaO4. The van der Waals surface area contributed by atoms with Gasteiger partial charge in [-0.25, -0.2) is 0 Å². The summed E-state index contributed by atoms with van der Waals surface area (Å²) >= 11 is 0. The molecule has 0 heterocycles. The third kappa shape index (κ3) is 13.5. The van der Waals surface area contributed by atoms with E-state index in [1.54, 1.807) is 12.1 Å². The van der Waals surface area contributed by atoms with Gasteiger partial charge in [-0.15, -0.1) is 0 Å². The maximum atomic E-state index is 11.3. The minimum Gasteiger partial charge on any atom is -0.546 e. The van der Waals surface area contributed by atoms with Gasteiger partial charge in [0.05, 0.1) is 12.6 Å². The molecule has 5 heteroatoms. The predicted octanol–water partition coefficient (Wildman–Crippen LogP) is 2.29. The Bertz CT molecular complexity index is 490. The zero-order chi connectivity index (χ0) is 19.7. The maximum absolute atomic E-state index is 11.3. The van der Waals surface area contributed by atoms with Crippen LogP contribution in [0.25, 0.3) is 0 Å². The fraction of sp³-hybridized carbons (Fsp3) is 0.696. The molecule has 1 atom stereocenters. The zero-order valence-electron chi connectivity index (χ0n) is 18.2. The number of hydrogen-bond acceptors (Lipinski definition) is 4. The van der Waals surface area contributed by atoms with E-state index >= 15 is 0 Å². The van der Waals surface area contributed by atoms with E-state index in [0.717, 1.165) is 31.4 Å². The number of unbranched alkanes of at least 4 members (excludes halogenated alkanes) is 9. The van der Waals surface area contributed by atoms with Crippen LogP contribution >= 0.6 is 0 Å². The summed E-state index contributed by atoms with van der Waals surface area (Å²) in [4.78, 5) is 11.3. The summed E-state index contributed by atoms with van der Waals surface area (Å²) in [5.74, 6) is 0.195. The number of carboxylic acids is 1. The molecule has 1 rings (SSSR count). The van der Waals surface area contributed by atoms with Crippen molar-refractivity contribution in [1.82, 2.24) is 0 Å². The summed E-state index contributed by atoms with van der Waals surface area (Å²) in [6.45, 7) is 5.10. The molecule has 1 unspecified atom stereocenters. The number of carbonyl (C=O) groups excluding carboxylic acids is 1. The molecule has 1 aromatic rings. The van der Waals surface area contributed by atoms with Crippen molar-refractivity contribution in [3.05, 3.63) is 24.3 Å². The molecule has 0 aliphatic carbocycles. The molecule has 0 saturated heterocycles. The molecule has 0 fully saturated rings. The van der Waals surface area contributed by atoms with Crippen LogP contribution in [-0.4, -0.2) is 18.7 Å². The molecule has 154 valence electrons. The largest absolute Gasteiger partial charge is 1.00 e. The fourth-order valence-electron chi connectivity index (χ4n) is 3.01. The standard InChI is InChI=1S/C23H38O4.Na/c1-3-5-7-9-10-12-14-22(23(24)25)27-21-17-15-20(16-18-21)26-19-13-11-8-6-4-2;/h15-18,22H,3-14,19H2,1-2H3,(H,24,25);/q;+1/p-1. The van der Waals surface area contributed by atoms with E-state index in [1.807, 2.05) is 12.1 Å². The molecule has 0 bridgehead atoms. The molecular weight excluding hydrogens is 363 g/mol. The summed E-state index contributed by atoms with van der Waals surface area (Å²) < 4.78 is 11.3. The van der Waals surface area contributed by atoms with Crippen molar-refractivity contribution in [3.8, 4) is 11.5 Å². The van der Waals surface area contributed by atoms with Gasteiger partial charge in [0, 0.05) is 0 Å². The van der Waals surface area contributed by atoms with Crippen LogP contribution in [-0.2, 0) is 4.79 Å².